The summed E-state index contributed by atoms with van der Waals surface area (Å²) in [5.74, 6) is 0. The zero-order valence-electron chi connectivity index (χ0n) is 47.5. The lowest BCUT2D eigenvalue weighted by Crippen LogP contribution is -2.08. The van der Waals surface area contributed by atoms with Crippen molar-refractivity contribution in [3.8, 4) is 90.0 Å². The van der Waals surface area contributed by atoms with Crippen LogP contribution in [-0.4, -0.2) is 0 Å². The Kier molecular flexibility index (Phi) is 10.5. The summed E-state index contributed by atoms with van der Waals surface area (Å²) in [5, 5.41) is 45.5. The Morgan fingerprint density at radius 2 is 0.588 bits per heavy atom. The van der Waals surface area contributed by atoms with Crippen LogP contribution in [0.15, 0.2) is 231 Å². The smallest absolute Gasteiger partial charge is 0.0998 e. The van der Waals surface area contributed by atoms with Gasteiger partial charge in [-0.2, -0.15) is 10.5 Å². The molecule has 0 bridgehead atoms. The SMILES string of the molecule is CC.CC.N#Cc1ccc2c3c(cccc13)-c1c(-c3ccccc3)c3c(c(-c4ccccc4)c1-2)-c1ccc2c4ccc5c6c(-c7ccccc7)c7c8cccc9c(C#N)ccc(c7c(-c7ccccc7)c6c6ccc(c7ccc(c1c72)C3)c4c65)c98. The van der Waals surface area contributed by atoms with Crippen LogP contribution in [0.1, 0.15) is 49.9 Å². The van der Waals surface area contributed by atoms with E-state index in [9.17, 15) is 10.5 Å². The first-order valence-electron chi connectivity index (χ1n) is 30.0. The molecule has 0 saturated carbocycles. The topological polar surface area (TPSA) is 47.6 Å². The first-order chi connectivity index (χ1) is 42.2. The van der Waals surface area contributed by atoms with E-state index in [0.717, 1.165) is 28.0 Å². The van der Waals surface area contributed by atoms with Crippen LogP contribution in [-0.2, 0) is 6.42 Å². The second kappa shape index (κ2) is 18.3. The highest BCUT2D eigenvalue weighted by molar-refractivity contribution is 6.50. The van der Waals surface area contributed by atoms with Crippen molar-refractivity contribution >= 4 is 108 Å². The molecule has 0 saturated heterocycles. The summed E-state index contributed by atoms with van der Waals surface area (Å²) in [6.07, 6.45) is 0.773. The van der Waals surface area contributed by atoms with Crippen molar-refractivity contribution in [2.75, 3.05) is 0 Å². The average Bonchev–Trinajstić information content (AvgIpc) is 1.63. The molecule has 2 heteroatoms. The molecule has 2 aliphatic carbocycles. The van der Waals surface area contributed by atoms with Gasteiger partial charge in [-0.15, -0.1) is 0 Å². The normalized spacial score (nSPS) is 12.2. The third-order valence-corrected chi connectivity index (χ3v) is 18.9. The maximum absolute atomic E-state index is 10.5. The first kappa shape index (κ1) is 48.8. The number of nitrogens with zero attached hydrogens (tertiary/aromatic N) is 2. The molecule has 0 radical (unpaired) electrons. The summed E-state index contributed by atoms with van der Waals surface area (Å²) < 4.78 is 0. The van der Waals surface area contributed by atoms with Gasteiger partial charge < -0.3 is 0 Å². The van der Waals surface area contributed by atoms with Crippen LogP contribution in [0.2, 0.25) is 0 Å². The molecule has 19 rings (SSSR count). The van der Waals surface area contributed by atoms with E-state index in [1.807, 2.05) is 39.8 Å². The maximum Gasteiger partial charge on any atom is 0.0998 e. The predicted octanol–water partition coefficient (Wildman–Crippen LogP) is 23.2. The molecule has 394 valence electrons. The van der Waals surface area contributed by atoms with Crippen LogP contribution >= 0.6 is 0 Å². The van der Waals surface area contributed by atoms with Gasteiger partial charge in [0.25, 0.3) is 0 Å². The molecule has 0 aromatic heterocycles. The standard InChI is InChI=1S/C79H40N2.2C2H6/c80-40-47-28-31-58-68-49(47)23-13-25-55(68)74-63(42-15-5-1-6-16-42)62-39-46-27-30-51-53-34-37-61-72-60(38-35-54(71(53)72)52-33-36-57(64(46)70(51)52)73(62)65(76(58)74)43-17-7-2-8-18-43)78-66(44-19-9-3-10-20-44)75-56-26-14-24-50-48(41-81)29-32-59(69(50)56)77(75)67(79(61)78)45-21-11-4-12-22-45;2*1-2/h1-38H,39H2;2*1-2H3. The number of nitriles is 2. The third kappa shape index (κ3) is 6.25. The van der Waals surface area contributed by atoms with E-state index < -0.39 is 0 Å². The van der Waals surface area contributed by atoms with E-state index in [1.165, 1.54) is 175 Å². The van der Waals surface area contributed by atoms with Gasteiger partial charge in [0.15, 0.2) is 0 Å². The number of hydrogen-bond acceptors (Lipinski definition) is 2. The number of fused-ring (bicyclic) bond motifs is 13. The van der Waals surface area contributed by atoms with Gasteiger partial charge in [0.05, 0.1) is 23.3 Å². The Morgan fingerprint density at radius 3 is 1.14 bits per heavy atom. The molecule has 85 heavy (non-hydrogen) atoms. The lowest BCUT2D eigenvalue weighted by atomic mass is 9.72. The summed E-state index contributed by atoms with van der Waals surface area (Å²) in [4.78, 5) is 0. The Hall–Kier alpha value is -10.9. The Bertz CT molecular complexity index is 5620. The van der Waals surface area contributed by atoms with Gasteiger partial charge >= 0.3 is 0 Å². The van der Waals surface area contributed by atoms with Crippen molar-refractivity contribution in [1.29, 1.82) is 10.5 Å². The van der Waals surface area contributed by atoms with Crippen LogP contribution < -0.4 is 0 Å². The molecule has 0 spiro atoms. The average molecular weight is 1080 g/mol. The van der Waals surface area contributed by atoms with Gasteiger partial charge in [0, 0.05) is 10.8 Å². The van der Waals surface area contributed by atoms with Crippen LogP contribution in [0, 0.1) is 22.7 Å². The summed E-state index contributed by atoms with van der Waals surface area (Å²) in [6.45, 7) is 8.00. The minimum atomic E-state index is 0.699. The molecule has 17 aromatic rings. The fourth-order valence-corrected chi connectivity index (χ4v) is 16.0. The van der Waals surface area contributed by atoms with Crippen LogP contribution in [0.4, 0.5) is 0 Å². The molecule has 0 atom stereocenters. The lowest BCUT2D eigenvalue weighted by Gasteiger charge is -2.31. The Balaban J connectivity index is 0.00000139. The first-order valence-corrected chi connectivity index (χ1v) is 30.0. The maximum atomic E-state index is 10.5. The number of benzene rings is 15. The van der Waals surface area contributed by atoms with Crippen molar-refractivity contribution in [3.63, 3.8) is 0 Å². The van der Waals surface area contributed by atoms with Crippen molar-refractivity contribution < 1.29 is 0 Å². The van der Waals surface area contributed by atoms with E-state index in [-0.39, 0.29) is 0 Å². The quantitative estimate of drug-likeness (QED) is 0.130. The molecule has 0 heterocycles. The zero-order chi connectivity index (χ0) is 56.9. The monoisotopic (exact) mass is 1080 g/mol. The largest absolute Gasteiger partial charge is 0.192 e. The Morgan fingerprint density at radius 1 is 0.235 bits per heavy atom. The van der Waals surface area contributed by atoms with Gasteiger partial charge in [-0.1, -0.05) is 246 Å². The minimum absolute atomic E-state index is 0.699. The van der Waals surface area contributed by atoms with E-state index >= 15 is 0 Å². The molecule has 17 aromatic carbocycles. The highest BCUT2D eigenvalue weighted by Crippen LogP contribution is 2.63. The molecular formula is C83H52N2. The lowest BCUT2D eigenvalue weighted by molar-refractivity contribution is 1.20. The summed E-state index contributed by atoms with van der Waals surface area (Å²) in [7, 11) is 0. The van der Waals surface area contributed by atoms with Crippen molar-refractivity contribution in [1.82, 2.24) is 0 Å². The van der Waals surface area contributed by atoms with E-state index in [1.54, 1.807) is 0 Å². The predicted molar refractivity (Wildman–Crippen MR) is 362 cm³/mol. The molecule has 2 aliphatic rings. The molecule has 0 unspecified atom stereocenters. The second-order valence-electron chi connectivity index (χ2n) is 22.5. The molecule has 2 nitrogen and oxygen atoms in total. The minimum Gasteiger partial charge on any atom is -0.192 e. The highest BCUT2D eigenvalue weighted by atomic mass is 14.4. The van der Waals surface area contributed by atoms with E-state index in [4.69, 9.17) is 0 Å². The summed E-state index contributed by atoms with van der Waals surface area (Å²) in [6, 6.07) is 90.3. The van der Waals surface area contributed by atoms with Gasteiger partial charge in [-0.05, 0) is 205 Å². The van der Waals surface area contributed by atoms with Gasteiger partial charge in [-0.3, -0.25) is 0 Å². The second-order valence-corrected chi connectivity index (χ2v) is 22.5. The summed E-state index contributed by atoms with van der Waals surface area (Å²) in [5.41, 5.74) is 21.3. The van der Waals surface area contributed by atoms with Crippen LogP contribution in [0.5, 0.6) is 0 Å². The molecule has 0 amide bonds. The van der Waals surface area contributed by atoms with Crippen molar-refractivity contribution in [2.24, 2.45) is 0 Å². The zero-order valence-corrected chi connectivity index (χ0v) is 47.5. The van der Waals surface area contributed by atoms with Crippen LogP contribution in [0.25, 0.3) is 186 Å². The van der Waals surface area contributed by atoms with Gasteiger partial charge in [0.1, 0.15) is 0 Å². The third-order valence-electron chi connectivity index (χ3n) is 18.9. The molecular weight excluding hydrogens is 1020 g/mol. The van der Waals surface area contributed by atoms with E-state index in [0.29, 0.717) is 11.1 Å². The highest BCUT2D eigenvalue weighted by Gasteiger charge is 2.37. The molecule has 0 N–H and O–H groups in total. The number of rotatable bonds is 4. The van der Waals surface area contributed by atoms with E-state index in [2.05, 4.69) is 231 Å². The molecule has 0 fully saturated rings. The van der Waals surface area contributed by atoms with Crippen molar-refractivity contribution in [3.05, 3.63) is 253 Å². The van der Waals surface area contributed by atoms with Crippen molar-refractivity contribution in [2.45, 2.75) is 34.1 Å². The fraction of sp³-hybridized carbons (Fsp3) is 0.0602. The van der Waals surface area contributed by atoms with Crippen LogP contribution in [0.3, 0.4) is 0 Å². The number of hydrogen-bond donors (Lipinski definition) is 0. The van der Waals surface area contributed by atoms with Gasteiger partial charge in [0.2, 0.25) is 0 Å². The van der Waals surface area contributed by atoms with Gasteiger partial charge in [-0.25, -0.2) is 0 Å². The Labute approximate surface area is 492 Å². The fourth-order valence-electron chi connectivity index (χ4n) is 16.0. The summed E-state index contributed by atoms with van der Waals surface area (Å²) >= 11 is 0. The molecule has 0 aliphatic heterocycles.